The van der Waals surface area contributed by atoms with E-state index in [1.165, 1.54) is 19.1 Å². The van der Waals surface area contributed by atoms with Gasteiger partial charge >= 0.3 is 0 Å². The molecule has 2 aromatic carbocycles. The van der Waals surface area contributed by atoms with E-state index in [0.717, 1.165) is 0 Å². The number of carbonyl (C=O) groups excluding carboxylic acids is 2. The zero-order chi connectivity index (χ0) is 14.7. The first-order valence-electron chi connectivity index (χ1n) is 5.85. The lowest BCUT2D eigenvalue weighted by molar-refractivity contribution is -0.114. The maximum atomic E-state index is 12.4. The van der Waals surface area contributed by atoms with Crippen LogP contribution in [0.3, 0.4) is 0 Å². The first-order valence-corrected chi connectivity index (χ1v) is 6.61. The number of benzene rings is 2. The van der Waals surface area contributed by atoms with Crippen molar-refractivity contribution in [1.29, 1.82) is 0 Å². The molecule has 0 spiro atoms. The molecule has 0 aliphatic carbocycles. The molecule has 2 aromatic rings. The second-order valence-electron chi connectivity index (χ2n) is 4.19. The molecule has 0 bridgehead atoms. The Morgan fingerprint density at radius 1 is 1.05 bits per heavy atom. The number of amides is 1. The van der Waals surface area contributed by atoms with Gasteiger partial charge in [-0.05, 0) is 12.1 Å². The summed E-state index contributed by atoms with van der Waals surface area (Å²) in [6.07, 6.45) is 0. The number of hydrogen-bond acceptors (Lipinski definition) is 2. The van der Waals surface area contributed by atoms with Gasteiger partial charge < -0.3 is 5.32 Å². The molecule has 3 nitrogen and oxygen atoms in total. The van der Waals surface area contributed by atoms with Crippen molar-refractivity contribution >= 4 is 40.6 Å². The largest absolute Gasteiger partial charge is 0.325 e. The molecular formula is C15H11Cl2NO2. The van der Waals surface area contributed by atoms with Gasteiger partial charge in [0.25, 0.3) is 0 Å². The summed E-state index contributed by atoms with van der Waals surface area (Å²) in [6, 6.07) is 11.7. The minimum atomic E-state index is -0.285. The van der Waals surface area contributed by atoms with E-state index in [-0.39, 0.29) is 22.3 Å². The van der Waals surface area contributed by atoms with Gasteiger partial charge in [0.2, 0.25) is 5.91 Å². The Bertz CT molecular complexity index is 669. The third kappa shape index (κ3) is 3.18. The van der Waals surface area contributed by atoms with E-state index in [4.69, 9.17) is 23.2 Å². The topological polar surface area (TPSA) is 46.2 Å². The predicted molar refractivity (Wildman–Crippen MR) is 80.6 cm³/mol. The fourth-order valence-corrected chi connectivity index (χ4v) is 2.24. The summed E-state index contributed by atoms with van der Waals surface area (Å²) < 4.78 is 0. The van der Waals surface area contributed by atoms with Crippen LogP contribution in [0.25, 0.3) is 0 Å². The zero-order valence-corrected chi connectivity index (χ0v) is 12.1. The summed E-state index contributed by atoms with van der Waals surface area (Å²) in [7, 11) is 0. The smallest absolute Gasteiger partial charge is 0.221 e. The fourth-order valence-electron chi connectivity index (χ4n) is 1.78. The van der Waals surface area contributed by atoms with Gasteiger partial charge in [0, 0.05) is 23.1 Å². The van der Waals surface area contributed by atoms with E-state index in [1.54, 1.807) is 24.3 Å². The Hall–Kier alpha value is -1.84. The summed E-state index contributed by atoms with van der Waals surface area (Å²) >= 11 is 12.2. The first-order chi connectivity index (χ1) is 9.49. The summed E-state index contributed by atoms with van der Waals surface area (Å²) in [5, 5.41) is 3.06. The van der Waals surface area contributed by atoms with Crippen LogP contribution in [0.2, 0.25) is 10.0 Å². The highest BCUT2D eigenvalue weighted by Crippen LogP contribution is 2.31. The number of rotatable bonds is 3. The Labute approximate surface area is 126 Å². The van der Waals surface area contributed by atoms with E-state index in [1.807, 2.05) is 6.07 Å². The van der Waals surface area contributed by atoms with E-state index < -0.39 is 0 Å². The van der Waals surface area contributed by atoms with Gasteiger partial charge in [-0.15, -0.1) is 0 Å². The molecule has 20 heavy (non-hydrogen) atoms. The van der Waals surface area contributed by atoms with E-state index in [9.17, 15) is 9.59 Å². The maximum absolute atomic E-state index is 12.4. The lowest BCUT2D eigenvalue weighted by Crippen LogP contribution is -2.09. The number of carbonyl (C=O) groups is 2. The van der Waals surface area contributed by atoms with Crippen LogP contribution in [0, 0.1) is 0 Å². The molecule has 0 unspecified atom stereocenters. The van der Waals surface area contributed by atoms with Gasteiger partial charge in [-0.2, -0.15) is 0 Å². The maximum Gasteiger partial charge on any atom is 0.221 e. The molecule has 5 heteroatoms. The summed E-state index contributed by atoms with van der Waals surface area (Å²) in [6.45, 7) is 1.36. The Balaban J connectivity index is 2.49. The third-order valence-electron chi connectivity index (χ3n) is 2.63. The molecule has 0 saturated carbocycles. The highest BCUT2D eigenvalue weighted by atomic mass is 35.5. The van der Waals surface area contributed by atoms with Crippen molar-refractivity contribution in [3.8, 4) is 0 Å². The van der Waals surface area contributed by atoms with E-state index >= 15 is 0 Å². The van der Waals surface area contributed by atoms with Gasteiger partial charge in [-0.1, -0.05) is 53.5 Å². The number of hydrogen-bond donors (Lipinski definition) is 1. The molecule has 1 N–H and O–H groups in total. The number of ketones is 1. The third-order valence-corrected chi connectivity index (χ3v) is 3.25. The molecule has 0 heterocycles. The van der Waals surface area contributed by atoms with Crippen LogP contribution >= 0.6 is 23.2 Å². The van der Waals surface area contributed by atoms with Gasteiger partial charge in [-0.3, -0.25) is 9.59 Å². The normalized spacial score (nSPS) is 10.2. The molecule has 2 rings (SSSR count). The summed E-state index contributed by atoms with van der Waals surface area (Å²) in [5.41, 5.74) is 1.09. The number of halogens is 2. The Morgan fingerprint density at radius 2 is 1.70 bits per heavy atom. The quantitative estimate of drug-likeness (QED) is 0.865. The average Bonchev–Trinajstić information content (AvgIpc) is 2.42. The van der Waals surface area contributed by atoms with Crippen molar-refractivity contribution in [2.75, 3.05) is 5.32 Å². The van der Waals surface area contributed by atoms with Crippen LogP contribution in [0.15, 0.2) is 42.5 Å². The molecule has 0 aliphatic heterocycles. The highest BCUT2D eigenvalue weighted by Gasteiger charge is 2.17. The van der Waals surface area contributed by atoms with E-state index in [2.05, 4.69) is 5.32 Å². The van der Waals surface area contributed by atoms with Crippen molar-refractivity contribution in [3.05, 3.63) is 63.6 Å². The van der Waals surface area contributed by atoms with Crippen molar-refractivity contribution in [3.63, 3.8) is 0 Å². The Morgan fingerprint density at radius 3 is 2.30 bits per heavy atom. The van der Waals surface area contributed by atoms with Crippen molar-refractivity contribution in [1.82, 2.24) is 0 Å². The molecular weight excluding hydrogens is 297 g/mol. The number of anilines is 1. The fraction of sp³-hybridized carbons (Fsp3) is 0.0667. The van der Waals surface area contributed by atoms with Crippen LogP contribution in [-0.2, 0) is 4.79 Å². The van der Waals surface area contributed by atoms with Crippen molar-refractivity contribution in [2.45, 2.75) is 6.92 Å². The zero-order valence-electron chi connectivity index (χ0n) is 10.6. The molecule has 0 atom stereocenters. The van der Waals surface area contributed by atoms with Crippen LogP contribution in [0.1, 0.15) is 22.8 Å². The lowest BCUT2D eigenvalue weighted by Gasteiger charge is -2.10. The minimum Gasteiger partial charge on any atom is -0.325 e. The van der Waals surface area contributed by atoms with Crippen LogP contribution in [0.5, 0.6) is 0 Å². The predicted octanol–water partition coefficient (Wildman–Crippen LogP) is 4.18. The Kier molecular flexibility index (Phi) is 4.42. The van der Waals surface area contributed by atoms with Crippen molar-refractivity contribution in [2.24, 2.45) is 0 Å². The molecule has 0 aliphatic rings. The first kappa shape index (κ1) is 14.6. The van der Waals surface area contributed by atoms with Gasteiger partial charge in [0.15, 0.2) is 5.78 Å². The summed E-state index contributed by atoms with van der Waals surface area (Å²) in [5.74, 6) is -0.531. The van der Waals surface area contributed by atoms with Crippen molar-refractivity contribution < 1.29 is 9.59 Å². The second kappa shape index (κ2) is 6.07. The monoisotopic (exact) mass is 307 g/mol. The van der Waals surface area contributed by atoms with Crippen LogP contribution in [0.4, 0.5) is 5.69 Å². The van der Waals surface area contributed by atoms with Gasteiger partial charge in [0.1, 0.15) is 0 Å². The standard InChI is InChI=1S/C15H11Cl2NO2/c1-9(19)18-13-8-11(16)7-12(14(13)17)15(20)10-5-3-2-4-6-10/h2-8H,1H3,(H,18,19). The minimum absolute atomic E-state index is 0.179. The van der Waals surface area contributed by atoms with E-state index in [0.29, 0.717) is 16.3 Å². The number of nitrogens with one attached hydrogen (secondary N) is 1. The average molecular weight is 308 g/mol. The SMILES string of the molecule is CC(=O)Nc1cc(Cl)cc(C(=O)c2ccccc2)c1Cl. The molecule has 0 saturated heterocycles. The summed E-state index contributed by atoms with van der Waals surface area (Å²) in [4.78, 5) is 23.5. The second-order valence-corrected chi connectivity index (χ2v) is 5.01. The molecule has 0 radical (unpaired) electrons. The molecule has 0 fully saturated rings. The molecule has 1 amide bonds. The van der Waals surface area contributed by atoms with Gasteiger partial charge in [-0.25, -0.2) is 0 Å². The lowest BCUT2D eigenvalue weighted by atomic mass is 10.0. The highest BCUT2D eigenvalue weighted by molar-refractivity contribution is 6.39. The van der Waals surface area contributed by atoms with Crippen LogP contribution in [-0.4, -0.2) is 11.7 Å². The van der Waals surface area contributed by atoms with Crippen LogP contribution < -0.4 is 5.32 Å². The molecule has 102 valence electrons. The van der Waals surface area contributed by atoms with Gasteiger partial charge in [0.05, 0.1) is 10.7 Å². The molecule has 0 aromatic heterocycles.